The third-order valence-electron chi connectivity index (χ3n) is 2.11. The monoisotopic (exact) mass is 262 g/mol. The molecule has 0 fully saturated rings. The predicted octanol–water partition coefficient (Wildman–Crippen LogP) is 3.11. The lowest BCUT2D eigenvalue weighted by atomic mass is 10.2. The second-order valence-corrected chi connectivity index (χ2v) is 6.15. The molecule has 0 radical (unpaired) electrons. The molecule has 0 amide bonds. The summed E-state index contributed by atoms with van der Waals surface area (Å²) in [6.45, 7) is 1.65. The molecule has 2 rings (SSSR count). The normalized spacial score (nSPS) is 12.2. The zero-order valence-electron chi connectivity index (χ0n) is 7.69. The van der Waals surface area contributed by atoms with Crippen LogP contribution in [0.4, 0.5) is 0 Å². The third kappa shape index (κ3) is 1.76. The van der Waals surface area contributed by atoms with Crippen LogP contribution in [0.5, 0.6) is 0 Å². The summed E-state index contributed by atoms with van der Waals surface area (Å²) in [6, 6.07) is 5.22. The van der Waals surface area contributed by atoms with E-state index in [-0.39, 0.29) is 4.21 Å². The van der Waals surface area contributed by atoms with Gasteiger partial charge in [-0.1, -0.05) is 23.7 Å². The van der Waals surface area contributed by atoms with E-state index >= 15 is 0 Å². The highest BCUT2D eigenvalue weighted by Crippen LogP contribution is 2.37. The summed E-state index contributed by atoms with van der Waals surface area (Å²) in [6.07, 6.45) is 0. The topological polar surface area (TPSA) is 54.4 Å². The Morgan fingerprint density at radius 2 is 2.07 bits per heavy atom. The lowest BCUT2D eigenvalue weighted by Gasteiger charge is -1.93. The van der Waals surface area contributed by atoms with Crippen molar-refractivity contribution in [2.24, 2.45) is 0 Å². The third-order valence-corrected chi connectivity index (χ3v) is 5.33. The fraction of sp³-hybridized carbons (Fsp3) is 0.111. The average Bonchev–Trinajstić information content (AvgIpc) is 2.45. The second-order valence-electron chi connectivity index (χ2n) is 3.11. The number of hydrogen-bond acceptors (Lipinski definition) is 3. The highest BCUT2D eigenvalue weighted by atomic mass is 35.5. The molecule has 0 aliphatic rings. The molecule has 0 atom stereocenters. The maximum Gasteiger partial charge on any atom is 0.304 e. The van der Waals surface area contributed by atoms with Crippen LogP contribution in [-0.2, 0) is 10.1 Å². The average molecular weight is 263 g/mol. The van der Waals surface area contributed by atoms with Gasteiger partial charge in [0.15, 0.2) is 4.21 Å². The van der Waals surface area contributed by atoms with Crippen molar-refractivity contribution in [1.82, 2.24) is 0 Å². The number of rotatable bonds is 1. The van der Waals surface area contributed by atoms with Crippen LogP contribution in [0.2, 0.25) is 5.02 Å². The summed E-state index contributed by atoms with van der Waals surface area (Å²) in [5.41, 5.74) is 0.542. The number of thiophene rings is 1. The van der Waals surface area contributed by atoms with Crippen molar-refractivity contribution in [3.8, 4) is 0 Å². The molecule has 0 aliphatic carbocycles. The van der Waals surface area contributed by atoms with Crippen molar-refractivity contribution in [1.29, 1.82) is 0 Å². The van der Waals surface area contributed by atoms with Gasteiger partial charge in [0.1, 0.15) is 0 Å². The van der Waals surface area contributed by atoms with E-state index in [9.17, 15) is 8.42 Å². The first-order valence-electron chi connectivity index (χ1n) is 4.06. The van der Waals surface area contributed by atoms with Gasteiger partial charge < -0.3 is 0 Å². The Kier molecular flexibility index (Phi) is 2.50. The molecule has 1 aromatic heterocycles. The summed E-state index contributed by atoms with van der Waals surface area (Å²) >= 11 is 6.91. The fourth-order valence-electron chi connectivity index (χ4n) is 1.43. The van der Waals surface area contributed by atoms with Crippen LogP contribution < -0.4 is 0 Å². The van der Waals surface area contributed by atoms with Crippen molar-refractivity contribution in [2.75, 3.05) is 0 Å². The van der Waals surface area contributed by atoms with Crippen molar-refractivity contribution in [3.05, 3.63) is 28.8 Å². The zero-order chi connectivity index (χ0) is 11.2. The molecule has 80 valence electrons. The van der Waals surface area contributed by atoms with Gasteiger partial charge in [-0.25, -0.2) is 0 Å². The second kappa shape index (κ2) is 3.45. The van der Waals surface area contributed by atoms with Gasteiger partial charge in [-0.2, -0.15) is 8.42 Å². The molecule has 0 saturated carbocycles. The number of hydrogen-bond donors (Lipinski definition) is 1. The summed E-state index contributed by atoms with van der Waals surface area (Å²) in [4.78, 5) is 0. The zero-order valence-corrected chi connectivity index (χ0v) is 10.1. The Balaban J connectivity index is 2.93. The minimum Gasteiger partial charge on any atom is -0.281 e. The molecule has 3 nitrogen and oxygen atoms in total. The first-order chi connectivity index (χ1) is 6.91. The first kappa shape index (κ1) is 10.9. The Labute approximate surface area is 96.1 Å². The van der Waals surface area contributed by atoms with E-state index < -0.39 is 10.1 Å². The highest BCUT2D eigenvalue weighted by molar-refractivity contribution is 7.88. The molecule has 1 heterocycles. The molecule has 6 heteroatoms. The Bertz CT molecular complexity index is 628. The van der Waals surface area contributed by atoms with E-state index in [2.05, 4.69) is 0 Å². The largest absolute Gasteiger partial charge is 0.304 e. The van der Waals surface area contributed by atoms with Crippen LogP contribution in [0.1, 0.15) is 5.56 Å². The smallest absolute Gasteiger partial charge is 0.281 e. The van der Waals surface area contributed by atoms with Crippen LogP contribution in [-0.4, -0.2) is 13.0 Å². The van der Waals surface area contributed by atoms with Crippen LogP contribution >= 0.6 is 22.9 Å². The number of aryl methyl sites for hydroxylation is 1. The van der Waals surface area contributed by atoms with E-state index in [1.165, 1.54) is 0 Å². The molecule has 0 bridgehead atoms. The standard InChI is InChI=1S/C9H7ClO3S2/c1-5-6-3-2-4-7(10)8(6)14-9(5)15(11,12)13/h2-4H,1H3,(H,11,12,13). The predicted molar refractivity (Wildman–Crippen MR) is 61.4 cm³/mol. The number of fused-ring (bicyclic) bond motifs is 1. The molecule has 1 N–H and O–H groups in total. The molecule has 0 saturated heterocycles. The molecular weight excluding hydrogens is 256 g/mol. The minimum atomic E-state index is -4.15. The van der Waals surface area contributed by atoms with Gasteiger partial charge in [0.05, 0.1) is 9.72 Å². The van der Waals surface area contributed by atoms with Crippen LogP contribution in [0.25, 0.3) is 10.1 Å². The van der Waals surface area contributed by atoms with Gasteiger partial charge in [0.2, 0.25) is 0 Å². The van der Waals surface area contributed by atoms with Crippen molar-refractivity contribution < 1.29 is 13.0 Å². The Hall–Kier alpha value is -0.620. The maximum atomic E-state index is 11.1. The summed E-state index contributed by atoms with van der Waals surface area (Å²) in [5, 5.41) is 1.26. The van der Waals surface area contributed by atoms with E-state index in [1.54, 1.807) is 25.1 Å². The summed E-state index contributed by atoms with van der Waals surface area (Å²) < 4.78 is 31.8. The van der Waals surface area contributed by atoms with Gasteiger partial charge in [0.25, 0.3) is 0 Å². The van der Waals surface area contributed by atoms with Gasteiger partial charge in [-0.15, -0.1) is 11.3 Å². The van der Waals surface area contributed by atoms with Crippen molar-refractivity contribution in [3.63, 3.8) is 0 Å². The highest BCUT2D eigenvalue weighted by Gasteiger charge is 2.19. The Morgan fingerprint density at radius 3 is 2.60 bits per heavy atom. The SMILES string of the molecule is Cc1c(S(=O)(=O)O)sc2c(Cl)cccc12. The van der Waals surface area contributed by atoms with Crippen LogP contribution in [0, 0.1) is 6.92 Å². The van der Waals surface area contributed by atoms with E-state index in [4.69, 9.17) is 16.2 Å². The molecule has 15 heavy (non-hydrogen) atoms. The minimum absolute atomic E-state index is 0.0365. The first-order valence-corrected chi connectivity index (χ1v) is 6.70. The lowest BCUT2D eigenvalue weighted by Crippen LogP contribution is -1.96. The summed E-state index contributed by atoms with van der Waals surface area (Å²) in [7, 11) is -4.15. The van der Waals surface area contributed by atoms with Crippen molar-refractivity contribution in [2.45, 2.75) is 11.1 Å². The van der Waals surface area contributed by atoms with Gasteiger partial charge in [-0.3, -0.25) is 4.55 Å². The van der Waals surface area contributed by atoms with Crippen LogP contribution in [0.3, 0.4) is 0 Å². The molecule has 1 aromatic carbocycles. The quantitative estimate of drug-likeness (QED) is 0.804. The van der Waals surface area contributed by atoms with Gasteiger partial charge in [-0.05, 0) is 23.9 Å². The number of benzene rings is 1. The van der Waals surface area contributed by atoms with Gasteiger partial charge >= 0.3 is 10.1 Å². The molecular formula is C9H7ClO3S2. The molecule has 0 unspecified atom stereocenters. The Morgan fingerprint density at radius 1 is 1.40 bits per heavy atom. The number of halogens is 1. The van der Waals surface area contributed by atoms with Crippen LogP contribution in [0.15, 0.2) is 22.4 Å². The van der Waals surface area contributed by atoms with E-state index in [1.807, 2.05) is 0 Å². The van der Waals surface area contributed by atoms with E-state index in [0.717, 1.165) is 16.7 Å². The maximum absolute atomic E-state index is 11.1. The van der Waals surface area contributed by atoms with E-state index in [0.29, 0.717) is 15.3 Å². The summed E-state index contributed by atoms with van der Waals surface area (Å²) in [5.74, 6) is 0. The molecule has 2 aromatic rings. The molecule has 0 aliphatic heterocycles. The fourth-order valence-corrected chi connectivity index (χ4v) is 3.84. The molecule has 0 spiro atoms. The van der Waals surface area contributed by atoms with Gasteiger partial charge in [0, 0.05) is 0 Å². The lowest BCUT2D eigenvalue weighted by molar-refractivity contribution is 0.485. The van der Waals surface area contributed by atoms with Crippen molar-refractivity contribution >= 4 is 43.1 Å².